The Morgan fingerprint density at radius 2 is 1.47 bits per heavy atom. The van der Waals surface area contributed by atoms with Crippen LogP contribution in [0.4, 0.5) is 11.4 Å². The zero-order chi connectivity index (χ0) is 21.7. The summed E-state index contributed by atoms with van der Waals surface area (Å²) in [5.74, 6) is 0.393. The Morgan fingerprint density at radius 3 is 2.38 bits per heavy atom. The van der Waals surface area contributed by atoms with Gasteiger partial charge < -0.3 is 4.90 Å². The fraction of sp³-hybridized carbons (Fsp3) is 0.167. The quantitative estimate of drug-likeness (QED) is 0.339. The van der Waals surface area contributed by atoms with Crippen LogP contribution in [0.1, 0.15) is 19.4 Å². The predicted molar refractivity (Wildman–Crippen MR) is 134 cm³/mol. The average Bonchev–Trinajstić information content (AvgIpc) is 2.84. The second-order valence-electron chi connectivity index (χ2n) is 9.29. The van der Waals surface area contributed by atoms with E-state index in [-0.39, 0.29) is 11.5 Å². The van der Waals surface area contributed by atoms with Crippen molar-refractivity contribution in [1.82, 2.24) is 4.98 Å². The molecule has 156 valence electrons. The fourth-order valence-electron chi connectivity index (χ4n) is 5.62. The molecule has 0 radical (unpaired) electrons. The third-order valence-electron chi connectivity index (χ3n) is 7.19. The minimum absolute atomic E-state index is 0.0529. The van der Waals surface area contributed by atoms with E-state index in [9.17, 15) is 0 Å². The van der Waals surface area contributed by atoms with Gasteiger partial charge in [-0.3, -0.25) is 4.98 Å². The van der Waals surface area contributed by atoms with Crippen LogP contribution in [-0.4, -0.2) is 11.0 Å². The molecule has 1 aliphatic carbocycles. The topological polar surface area (TPSA) is 16.1 Å². The molecule has 32 heavy (non-hydrogen) atoms. The molecule has 2 unspecified atom stereocenters. The lowest BCUT2D eigenvalue weighted by atomic mass is 9.65. The standard InChI is InChI=1S/C30H26N2/c1-30(2)24-14-4-7-18-28(24)32(29-19-8-5-15-25(29)30)27-17-6-3-11-23(27)21-12-9-16-26-22(21)13-10-20-31-26/h3-20,24,28H,1-2H3. The molecule has 2 heterocycles. The summed E-state index contributed by atoms with van der Waals surface area (Å²) in [4.78, 5) is 7.15. The van der Waals surface area contributed by atoms with Crippen molar-refractivity contribution in [2.75, 3.05) is 4.90 Å². The van der Waals surface area contributed by atoms with E-state index in [1.807, 2.05) is 12.3 Å². The molecule has 6 rings (SSSR count). The van der Waals surface area contributed by atoms with Crippen LogP contribution in [0.3, 0.4) is 0 Å². The van der Waals surface area contributed by atoms with E-state index >= 15 is 0 Å². The summed E-state index contributed by atoms with van der Waals surface area (Å²) < 4.78 is 0. The molecule has 0 spiro atoms. The molecule has 0 fully saturated rings. The second-order valence-corrected chi connectivity index (χ2v) is 9.29. The van der Waals surface area contributed by atoms with E-state index in [2.05, 4.69) is 121 Å². The minimum Gasteiger partial charge on any atom is -0.333 e. The summed E-state index contributed by atoms with van der Waals surface area (Å²) in [6, 6.07) is 28.6. The maximum Gasteiger partial charge on any atom is 0.0708 e. The first kappa shape index (κ1) is 19.1. The number of benzene rings is 3. The smallest absolute Gasteiger partial charge is 0.0708 e. The van der Waals surface area contributed by atoms with Gasteiger partial charge in [0.2, 0.25) is 0 Å². The molecule has 2 aliphatic rings. The summed E-state index contributed by atoms with van der Waals surface area (Å²) in [6.07, 6.45) is 11.0. The van der Waals surface area contributed by atoms with E-state index in [1.165, 1.54) is 33.5 Å². The predicted octanol–water partition coefficient (Wildman–Crippen LogP) is 7.44. The zero-order valence-corrected chi connectivity index (χ0v) is 18.4. The van der Waals surface area contributed by atoms with Crippen LogP contribution in [0.15, 0.2) is 109 Å². The molecular formula is C30H26N2. The SMILES string of the molecule is CC1(C)c2ccccc2N(c2ccccc2-c2cccc3ncccc23)C2C=CC=CC21. The number of rotatable bonds is 2. The molecule has 2 heteroatoms. The summed E-state index contributed by atoms with van der Waals surface area (Å²) in [6.45, 7) is 4.76. The molecule has 0 N–H and O–H groups in total. The lowest BCUT2D eigenvalue weighted by Gasteiger charge is -2.51. The van der Waals surface area contributed by atoms with Gasteiger partial charge in [0.05, 0.1) is 11.6 Å². The Labute approximate surface area is 189 Å². The van der Waals surface area contributed by atoms with Crippen molar-refractivity contribution in [2.45, 2.75) is 25.3 Å². The van der Waals surface area contributed by atoms with Gasteiger partial charge >= 0.3 is 0 Å². The second kappa shape index (κ2) is 7.20. The first-order valence-electron chi connectivity index (χ1n) is 11.3. The third-order valence-corrected chi connectivity index (χ3v) is 7.19. The maximum absolute atomic E-state index is 4.60. The first-order valence-corrected chi connectivity index (χ1v) is 11.3. The van der Waals surface area contributed by atoms with Crippen LogP contribution in [-0.2, 0) is 5.41 Å². The van der Waals surface area contributed by atoms with Crippen LogP contribution in [0.2, 0.25) is 0 Å². The van der Waals surface area contributed by atoms with Gasteiger partial charge in [-0.05, 0) is 35.4 Å². The van der Waals surface area contributed by atoms with Crippen molar-refractivity contribution in [3.05, 3.63) is 115 Å². The van der Waals surface area contributed by atoms with Crippen LogP contribution in [0.25, 0.3) is 22.0 Å². The number of fused-ring (bicyclic) bond motifs is 3. The highest BCUT2D eigenvalue weighted by Crippen LogP contribution is 2.52. The summed E-state index contributed by atoms with van der Waals surface area (Å²) in [7, 11) is 0. The number of nitrogens with zero attached hydrogens (tertiary/aromatic N) is 2. The average molecular weight is 415 g/mol. The number of pyridine rings is 1. The molecule has 2 nitrogen and oxygen atoms in total. The van der Waals surface area contributed by atoms with Crippen LogP contribution in [0.5, 0.6) is 0 Å². The molecule has 1 aliphatic heterocycles. The number of anilines is 2. The molecule has 1 aromatic heterocycles. The van der Waals surface area contributed by atoms with Crippen molar-refractivity contribution in [3.8, 4) is 11.1 Å². The van der Waals surface area contributed by atoms with Crippen LogP contribution in [0, 0.1) is 5.92 Å². The lowest BCUT2D eigenvalue weighted by Crippen LogP contribution is -2.49. The van der Waals surface area contributed by atoms with Crippen molar-refractivity contribution in [3.63, 3.8) is 0 Å². The fourth-order valence-corrected chi connectivity index (χ4v) is 5.62. The van der Waals surface area contributed by atoms with Crippen molar-refractivity contribution < 1.29 is 0 Å². The number of hydrogen-bond donors (Lipinski definition) is 0. The summed E-state index contributed by atoms with van der Waals surface area (Å²) in [5, 5.41) is 1.18. The Hall–Kier alpha value is -3.65. The minimum atomic E-state index is 0.0529. The lowest BCUT2D eigenvalue weighted by molar-refractivity contribution is 0.332. The number of para-hydroxylation sites is 2. The Kier molecular flexibility index (Phi) is 4.29. The third kappa shape index (κ3) is 2.76. The van der Waals surface area contributed by atoms with Gasteiger partial charge in [-0.15, -0.1) is 0 Å². The number of allylic oxidation sites excluding steroid dienone is 2. The van der Waals surface area contributed by atoms with E-state index in [0.717, 1.165) is 5.52 Å². The number of hydrogen-bond acceptors (Lipinski definition) is 2. The van der Waals surface area contributed by atoms with E-state index in [4.69, 9.17) is 0 Å². The van der Waals surface area contributed by atoms with Gasteiger partial charge in [0.15, 0.2) is 0 Å². The van der Waals surface area contributed by atoms with Gasteiger partial charge in [-0.1, -0.05) is 92.7 Å². The molecule has 0 saturated heterocycles. The normalized spacial score (nSPS) is 20.8. The first-order chi connectivity index (χ1) is 15.7. The summed E-state index contributed by atoms with van der Waals surface area (Å²) in [5.41, 5.74) is 7.47. The van der Waals surface area contributed by atoms with Gasteiger partial charge in [-0.2, -0.15) is 0 Å². The Bertz CT molecular complexity index is 1370. The molecule has 2 atom stereocenters. The van der Waals surface area contributed by atoms with E-state index in [1.54, 1.807) is 0 Å². The van der Waals surface area contributed by atoms with Crippen molar-refractivity contribution >= 4 is 22.3 Å². The monoisotopic (exact) mass is 414 g/mol. The van der Waals surface area contributed by atoms with Crippen molar-refractivity contribution in [2.24, 2.45) is 5.92 Å². The molecule has 4 aromatic rings. The van der Waals surface area contributed by atoms with Gasteiger partial charge in [-0.25, -0.2) is 0 Å². The Morgan fingerprint density at radius 1 is 0.719 bits per heavy atom. The summed E-state index contributed by atoms with van der Waals surface area (Å²) >= 11 is 0. The van der Waals surface area contributed by atoms with E-state index < -0.39 is 0 Å². The Balaban J connectivity index is 1.63. The molecule has 0 saturated carbocycles. The van der Waals surface area contributed by atoms with Crippen molar-refractivity contribution in [1.29, 1.82) is 0 Å². The molecular weight excluding hydrogens is 388 g/mol. The largest absolute Gasteiger partial charge is 0.333 e. The number of aromatic nitrogens is 1. The molecule has 3 aromatic carbocycles. The highest BCUT2D eigenvalue weighted by Gasteiger charge is 2.45. The van der Waals surface area contributed by atoms with Crippen LogP contribution >= 0.6 is 0 Å². The van der Waals surface area contributed by atoms with E-state index in [0.29, 0.717) is 5.92 Å². The molecule has 0 bridgehead atoms. The molecule has 0 amide bonds. The van der Waals surface area contributed by atoms with Gasteiger partial charge in [0, 0.05) is 39.9 Å². The van der Waals surface area contributed by atoms with Gasteiger partial charge in [0.1, 0.15) is 0 Å². The van der Waals surface area contributed by atoms with Crippen LogP contribution < -0.4 is 4.90 Å². The highest BCUT2D eigenvalue weighted by atomic mass is 15.2. The van der Waals surface area contributed by atoms with Gasteiger partial charge in [0.25, 0.3) is 0 Å². The zero-order valence-electron chi connectivity index (χ0n) is 18.4. The maximum atomic E-state index is 4.60. The highest BCUT2D eigenvalue weighted by molar-refractivity contribution is 5.99.